The number of hydrogen-bond acceptors (Lipinski definition) is 9. The molecule has 2 aliphatic carbocycles. The van der Waals surface area contributed by atoms with Crippen molar-refractivity contribution in [2.75, 3.05) is 13.2 Å². The van der Waals surface area contributed by atoms with E-state index in [0.717, 1.165) is 63.5 Å². The quantitative estimate of drug-likeness (QED) is 0.176. The van der Waals surface area contributed by atoms with Crippen LogP contribution in [0.25, 0.3) is 0 Å². The van der Waals surface area contributed by atoms with Crippen LogP contribution in [0.5, 0.6) is 0 Å². The number of carbonyl (C=O) groups excluding carboxylic acids is 2. The topological polar surface area (TPSA) is 165 Å². The van der Waals surface area contributed by atoms with Crippen LogP contribution in [0, 0.1) is 55.4 Å². The summed E-state index contributed by atoms with van der Waals surface area (Å²) in [6, 6.07) is 6.10. The van der Waals surface area contributed by atoms with Gasteiger partial charge < -0.3 is 15.2 Å². The molecule has 0 heterocycles. The Morgan fingerprint density at radius 2 is 1.20 bits per heavy atom. The third kappa shape index (κ3) is 13.3. The summed E-state index contributed by atoms with van der Waals surface area (Å²) in [5, 5.41) is 21.0. The van der Waals surface area contributed by atoms with E-state index in [1.807, 2.05) is 6.92 Å². The fourth-order valence-electron chi connectivity index (χ4n) is 5.29. The maximum Gasteiger partial charge on any atom is 0.308 e. The maximum absolute atomic E-state index is 13.1. The molecule has 2 aromatic rings. The van der Waals surface area contributed by atoms with E-state index < -0.39 is 33.0 Å². The van der Waals surface area contributed by atoms with Gasteiger partial charge in [-0.25, -0.2) is 8.78 Å². The molecule has 2 saturated carbocycles. The smallest absolute Gasteiger partial charge is 0.308 e. The molecule has 15 heteroatoms. The van der Waals surface area contributed by atoms with Crippen LogP contribution >= 0.6 is 12.4 Å². The molecular weight excluding hydrogens is 635 g/mol. The second kappa shape index (κ2) is 20.4. The number of nitro benzene ring substituents is 2. The van der Waals surface area contributed by atoms with Crippen LogP contribution in [0.3, 0.4) is 0 Å². The van der Waals surface area contributed by atoms with Gasteiger partial charge in [-0.2, -0.15) is 4.39 Å². The van der Waals surface area contributed by atoms with Crippen molar-refractivity contribution in [2.45, 2.75) is 77.7 Å². The van der Waals surface area contributed by atoms with Crippen molar-refractivity contribution in [3.8, 4) is 0 Å². The van der Waals surface area contributed by atoms with E-state index in [0.29, 0.717) is 43.4 Å². The molecule has 46 heavy (non-hydrogen) atoms. The molecule has 4 rings (SSSR count). The minimum Gasteiger partial charge on any atom is -0.466 e. The Hall–Kier alpha value is -3.78. The third-order valence-corrected chi connectivity index (χ3v) is 7.72. The minimum absolute atomic E-state index is 0. The first-order valence-corrected chi connectivity index (χ1v) is 15.0. The van der Waals surface area contributed by atoms with Crippen LogP contribution in [-0.2, 0) is 25.5 Å². The molecule has 0 aromatic heterocycles. The number of rotatable bonds is 8. The highest BCUT2D eigenvalue weighted by Crippen LogP contribution is 2.34. The molecule has 2 aromatic carbocycles. The Balaban J connectivity index is 0.000000374. The SMILES string of the molecule is CCOC(=O)C1CCC(Cc2ccc(F)cc2[N+](=O)[O-])CC1.CCOC(=O)C1CCC(N)CC1.Cl.O=[N+]([O-])c1cc(F)ccc1F. The van der Waals surface area contributed by atoms with Crippen molar-refractivity contribution in [2.24, 2.45) is 23.5 Å². The molecule has 0 aliphatic heterocycles. The average molecular weight is 676 g/mol. The normalized spacial score (nSPS) is 20.3. The summed E-state index contributed by atoms with van der Waals surface area (Å²) in [5.41, 5.74) is 5.28. The Kier molecular flexibility index (Phi) is 17.8. The van der Waals surface area contributed by atoms with Crippen LogP contribution in [0.15, 0.2) is 36.4 Å². The molecule has 0 saturated heterocycles. The molecule has 0 radical (unpaired) electrons. The van der Waals surface area contributed by atoms with Gasteiger partial charge in [0.1, 0.15) is 11.6 Å². The summed E-state index contributed by atoms with van der Waals surface area (Å²) in [4.78, 5) is 42.4. The summed E-state index contributed by atoms with van der Waals surface area (Å²) < 4.78 is 47.8. The van der Waals surface area contributed by atoms with E-state index in [4.69, 9.17) is 15.2 Å². The van der Waals surface area contributed by atoms with Crippen molar-refractivity contribution < 1.29 is 42.1 Å². The molecule has 2 N–H and O–H groups in total. The Bertz CT molecular complexity index is 1300. The summed E-state index contributed by atoms with van der Waals surface area (Å²) in [7, 11) is 0. The first kappa shape index (κ1) is 40.2. The fraction of sp³-hybridized carbons (Fsp3) is 0.548. The molecule has 0 atom stereocenters. The summed E-state index contributed by atoms with van der Waals surface area (Å²) in [6.07, 6.45) is 7.44. The Morgan fingerprint density at radius 1 is 0.761 bits per heavy atom. The first-order valence-electron chi connectivity index (χ1n) is 15.0. The zero-order valence-corrected chi connectivity index (χ0v) is 26.6. The fourth-order valence-corrected chi connectivity index (χ4v) is 5.29. The molecule has 0 unspecified atom stereocenters. The summed E-state index contributed by atoms with van der Waals surface area (Å²) >= 11 is 0. The predicted octanol–water partition coefficient (Wildman–Crippen LogP) is 7.01. The van der Waals surface area contributed by atoms with E-state index in [1.54, 1.807) is 6.92 Å². The molecule has 2 aliphatic rings. The molecule has 0 spiro atoms. The van der Waals surface area contributed by atoms with Crippen LogP contribution in [-0.4, -0.2) is 41.0 Å². The van der Waals surface area contributed by atoms with Gasteiger partial charge in [-0.3, -0.25) is 29.8 Å². The Morgan fingerprint density at radius 3 is 1.63 bits per heavy atom. The number of nitrogens with zero attached hydrogens (tertiary/aromatic N) is 2. The van der Waals surface area contributed by atoms with E-state index in [1.165, 1.54) is 12.1 Å². The van der Waals surface area contributed by atoms with Gasteiger partial charge in [0.25, 0.3) is 5.69 Å². The molecule has 2 fully saturated rings. The highest BCUT2D eigenvalue weighted by Gasteiger charge is 2.29. The largest absolute Gasteiger partial charge is 0.466 e. The molecule has 256 valence electrons. The lowest BCUT2D eigenvalue weighted by Gasteiger charge is -2.27. The van der Waals surface area contributed by atoms with Crippen LogP contribution < -0.4 is 5.73 Å². The molecular formula is C31H41ClF3N3O8. The maximum atomic E-state index is 13.1. The zero-order chi connectivity index (χ0) is 33.5. The van der Waals surface area contributed by atoms with Crippen molar-refractivity contribution in [1.29, 1.82) is 0 Å². The highest BCUT2D eigenvalue weighted by molar-refractivity contribution is 5.85. The number of nitrogens with two attached hydrogens (primary N) is 1. The number of halogens is 4. The van der Waals surface area contributed by atoms with E-state index in [-0.39, 0.29) is 47.8 Å². The van der Waals surface area contributed by atoms with Crippen molar-refractivity contribution in [3.05, 3.63) is 79.6 Å². The predicted molar refractivity (Wildman–Crippen MR) is 166 cm³/mol. The molecule has 0 amide bonds. The van der Waals surface area contributed by atoms with E-state index in [9.17, 15) is 43.0 Å². The van der Waals surface area contributed by atoms with E-state index >= 15 is 0 Å². The third-order valence-electron chi connectivity index (χ3n) is 7.72. The number of esters is 2. The van der Waals surface area contributed by atoms with Crippen LogP contribution in [0.4, 0.5) is 24.5 Å². The van der Waals surface area contributed by atoms with Gasteiger partial charge in [-0.1, -0.05) is 0 Å². The second-order valence-electron chi connectivity index (χ2n) is 10.9. The molecule has 11 nitrogen and oxygen atoms in total. The lowest BCUT2D eigenvalue weighted by Crippen LogP contribution is -2.30. The van der Waals surface area contributed by atoms with Gasteiger partial charge >= 0.3 is 17.6 Å². The van der Waals surface area contributed by atoms with Crippen LogP contribution in [0.1, 0.15) is 70.8 Å². The van der Waals surface area contributed by atoms with Gasteiger partial charge in [-0.05, 0) is 102 Å². The van der Waals surface area contributed by atoms with Gasteiger partial charge in [-0.15, -0.1) is 12.4 Å². The lowest BCUT2D eigenvalue weighted by molar-refractivity contribution is -0.387. The standard InChI is InChI=1S/C16H20FNO4.C9H17NO2.C6H3F2NO2.ClH/c1-2-22-16(19)12-5-3-11(4-6-12)9-13-7-8-14(17)10-15(13)18(20)21;1-2-12-9(11)7-3-5-8(10)6-4-7;7-4-1-2-5(8)6(3-4)9(10)11;/h7-8,10-12H,2-6,9H2,1H3;7-8H,2-6,10H2,1H3;1-3H;1H. The number of hydrogen-bond donors (Lipinski definition) is 1. The lowest BCUT2D eigenvalue weighted by atomic mass is 9.79. The van der Waals surface area contributed by atoms with Gasteiger partial charge in [0.05, 0.1) is 47.0 Å². The monoisotopic (exact) mass is 675 g/mol. The van der Waals surface area contributed by atoms with Gasteiger partial charge in [0, 0.05) is 11.6 Å². The zero-order valence-electron chi connectivity index (χ0n) is 25.8. The average Bonchev–Trinajstić information content (AvgIpc) is 3.00. The number of benzene rings is 2. The minimum atomic E-state index is -1.03. The summed E-state index contributed by atoms with van der Waals surface area (Å²) in [6.45, 7) is 4.51. The number of carbonyl (C=O) groups is 2. The van der Waals surface area contributed by atoms with Crippen molar-refractivity contribution >= 4 is 35.7 Å². The second-order valence-corrected chi connectivity index (χ2v) is 10.9. The van der Waals surface area contributed by atoms with Gasteiger partial charge in [0.15, 0.2) is 0 Å². The molecule has 0 bridgehead atoms. The Labute approximate surface area is 271 Å². The van der Waals surface area contributed by atoms with Crippen LogP contribution in [0.2, 0.25) is 0 Å². The van der Waals surface area contributed by atoms with Gasteiger partial charge in [0.2, 0.25) is 5.82 Å². The van der Waals surface area contributed by atoms with Crippen molar-refractivity contribution in [3.63, 3.8) is 0 Å². The first-order chi connectivity index (χ1) is 21.4. The highest BCUT2D eigenvalue weighted by atomic mass is 35.5. The van der Waals surface area contributed by atoms with Crippen molar-refractivity contribution in [1.82, 2.24) is 0 Å². The summed E-state index contributed by atoms with van der Waals surface area (Å²) in [5.74, 6) is -2.28. The number of ether oxygens (including phenoxy) is 2. The van der Waals surface area contributed by atoms with E-state index in [2.05, 4.69) is 0 Å². The number of nitro groups is 2.